The van der Waals surface area contributed by atoms with Gasteiger partial charge in [0.05, 0.1) is 0 Å². The maximum Gasteiger partial charge on any atom is 0.00316 e. The highest BCUT2D eigenvalue weighted by atomic mass is 14.6. The topological polar surface area (TPSA) is 0 Å². The first-order chi connectivity index (χ1) is 7.91. The molecule has 1 aliphatic rings. The van der Waals surface area contributed by atoms with Crippen molar-refractivity contribution in [3.8, 4) is 0 Å². The molecule has 0 atom stereocenters. The van der Waals surface area contributed by atoms with Gasteiger partial charge in [-0.25, -0.2) is 0 Å². The van der Waals surface area contributed by atoms with Crippen molar-refractivity contribution in [2.75, 3.05) is 0 Å². The quantitative estimate of drug-likeness (QED) is 0.617. The van der Waals surface area contributed by atoms with Gasteiger partial charge in [-0.3, -0.25) is 0 Å². The number of allylic oxidation sites excluding steroid dienone is 1. The predicted octanol–water partition coefficient (Wildman–Crippen LogP) is 5.07. The molecule has 1 aromatic rings. The van der Waals surface area contributed by atoms with Crippen LogP contribution in [0.25, 0.3) is 5.57 Å². The van der Waals surface area contributed by atoms with E-state index < -0.39 is 0 Å². The van der Waals surface area contributed by atoms with E-state index in [-0.39, 0.29) is 0 Å². The number of hydrogen-bond acceptors (Lipinski definition) is 0. The highest BCUT2D eigenvalue weighted by Gasteiger charge is 2.60. The lowest BCUT2D eigenvalue weighted by molar-refractivity contribution is 0.457. The van der Waals surface area contributed by atoms with Crippen molar-refractivity contribution in [3.63, 3.8) is 0 Å². The molecule has 1 saturated carbocycles. The summed E-state index contributed by atoms with van der Waals surface area (Å²) in [4.78, 5) is 0. The molecule has 0 aliphatic heterocycles. The lowest BCUT2D eigenvalue weighted by Gasteiger charge is -2.02. The molecule has 1 fully saturated rings. The van der Waals surface area contributed by atoms with Gasteiger partial charge in [-0.1, -0.05) is 65.0 Å². The molecule has 1 aliphatic carbocycles. The Morgan fingerprint density at radius 3 is 1.94 bits per heavy atom. The van der Waals surface area contributed by atoms with E-state index >= 15 is 0 Å². The maximum absolute atomic E-state index is 3.67. The molecule has 17 heavy (non-hydrogen) atoms. The Labute approximate surface area is 105 Å². The van der Waals surface area contributed by atoms with Gasteiger partial charge in [-0.2, -0.15) is 0 Å². The summed E-state index contributed by atoms with van der Waals surface area (Å²) in [6.07, 6.45) is 1.04. The third-order valence-electron chi connectivity index (χ3n) is 4.50. The van der Waals surface area contributed by atoms with Crippen LogP contribution in [-0.2, 0) is 0 Å². The molecule has 0 nitrogen and oxygen atoms in total. The Balaban J connectivity index is 2.50. The summed E-state index contributed by atoms with van der Waals surface area (Å²) < 4.78 is 0. The van der Waals surface area contributed by atoms with Crippen LogP contribution in [0.5, 0.6) is 0 Å². The van der Waals surface area contributed by atoms with Gasteiger partial charge < -0.3 is 0 Å². The van der Waals surface area contributed by atoms with Crippen LogP contribution in [0.1, 0.15) is 46.6 Å². The third kappa shape index (κ3) is 1.87. The minimum absolute atomic E-state index is 0.308. The van der Waals surface area contributed by atoms with Crippen molar-refractivity contribution >= 4 is 5.57 Å². The molecule has 0 radical (unpaired) electrons. The molecule has 90 valence electrons. The van der Waals surface area contributed by atoms with Gasteiger partial charge in [-0.05, 0) is 17.6 Å². The Hall–Kier alpha value is -1.26. The van der Waals surface area contributed by atoms with E-state index in [1.807, 2.05) is 0 Å². The Morgan fingerprint density at radius 2 is 1.53 bits per heavy atom. The molecule has 0 heteroatoms. The van der Waals surface area contributed by atoms with E-state index in [1.54, 1.807) is 0 Å². The van der Waals surface area contributed by atoms with Crippen LogP contribution < -0.4 is 0 Å². The molecule has 0 saturated heterocycles. The molecule has 0 amide bonds. The summed E-state index contributed by atoms with van der Waals surface area (Å²) in [5, 5.41) is 0. The highest BCUT2D eigenvalue weighted by Crippen LogP contribution is 2.67. The number of rotatable bonds is 2. The molecular weight excluding hydrogens is 204 g/mol. The van der Waals surface area contributed by atoms with Crippen LogP contribution in [0.2, 0.25) is 0 Å². The molecular formula is C17H22. The first kappa shape index (κ1) is 12.2. The van der Waals surface area contributed by atoms with E-state index in [0.29, 0.717) is 10.8 Å². The Morgan fingerprint density at radius 1 is 1.00 bits per heavy atom. The Bertz CT molecular complexity index is 464. The van der Waals surface area contributed by atoms with Gasteiger partial charge in [0.15, 0.2) is 0 Å². The number of hydrogen-bond donors (Lipinski definition) is 0. The first-order valence-corrected chi connectivity index (χ1v) is 6.47. The lowest BCUT2D eigenvalue weighted by Crippen LogP contribution is -1.95. The summed E-state index contributed by atoms with van der Waals surface area (Å²) in [5.74, 6) is 0. The van der Waals surface area contributed by atoms with Crippen molar-refractivity contribution in [3.05, 3.63) is 47.2 Å². The molecule has 0 aromatic heterocycles. The normalized spacial score (nSPS) is 19.7. The maximum atomic E-state index is 3.67. The fourth-order valence-corrected chi connectivity index (χ4v) is 2.50. The summed E-state index contributed by atoms with van der Waals surface area (Å²) in [6.45, 7) is 11.5. The van der Waals surface area contributed by atoms with Crippen LogP contribution >= 0.6 is 0 Å². The van der Waals surface area contributed by atoms with Gasteiger partial charge in [0.1, 0.15) is 0 Å². The van der Waals surface area contributed by atoms with E-state index in [1.165, 1.54) is 16.7 Å². The number of benzene rings is 1. The highest BCUT2D eigenvalue weighted by molar-refractivity contribution is 5.67. The second-order valence-corrected chi connectivity index (χ2v) is 5.95. The summed E-state index contributed by atoms with van der Waals surface area (Å²) in [7, 11) is 0. The average molecular weight is 226 g/mol. The minimum atomic E-state index is 0.308. The van der Waals surface area contributed by atoms with Crippen LogP contribution in [0.4, 0.5) is 0 Å². The molecule has 0 spiro atoms. The van der Waals surface area contributed by atoms with Crippen molar-refractivity contribution in [2.45, 2.75) is 41.0 Å². The molecule has 0 heterocycles. The second kappa shape index (κ2) is 3.89. The molecule has 0 unspecified atom stereocenters. The van der Waals surface area contributed by atoms with E-state index in [9.17, 15) is 0 Å². The first-order valence-electron chi connectivity index (χ1n) is 6.47. The van der Waals surface area contributed by atoms with Gasteiger partial charge >= 0.3 is 0 Å². The fraction of sp³-hybridized carbons (Fsp3) is 0.471. The van der Waals surface area contributed by atoms with Gasteiger partial charge in [0.25, 0.3) is 0 Å². The Kier molecular flexibility index (Phi) is 2.79. The minimum Gasteiger partial charge on any atom is -0.116 e. The largest absolute Gasteiger partial charge is 0.116 e. The SMILES string of the molecule is CCC(=C=C1C(C)(C)C1(C)C)c1ccccc1. The standard InChI is InChI=1S/C17H22/c1-6-13(14-10-8-7-9-11-14)12-15-16(2,3)17(15,4)5/h7-11H,6H2,1-5H3. The van der Waals surface area contributed by atoms with Gasteiger partial charge in [0.2, 0.25) is 0 Å². The lowest BCUT2D eigenvalue weighted by atomic mass is 10.0. The van der Waals surface area contributed by atoms with E-state index in [4.69, 9.17) is 0 Å². The summed E-state index contributed by atoms with van der Waals surface area (Å²) in [6, 6.07) is 10.6. The van der Waals surface area contributed by atoms with Crippen molar-refractivity contribution in [2.24, 2.45) is 10.8 Å². The second-order valence-electron chi connectivity index (χ2n) is 5.95. The van der Waals surface area contributed by atoms with Gasteiger partial charge in [-0.15, -0.1) is 5.73 Å². The smallest absolute Gasteiger partial charge is 0.00316 e. The van der Waals surface area contributed by atoms with Crippen molar-refractivity contribution in [1.29, 1.82) is 0 Å². The summed E-state index contributed by atoms with van der Waals surface area (Å²) >= 11 is 0. The van der Waals surface area contributed by atoms with Crippen molar-refractivity contribution in [1.82, 2.24) is 0 Å². The van der Waals surface area contributed by atoms with E-state index in [2.05, 4.69) is 70.7 Å². The average Bonchev–Trinajstić information content (AvgIpc) is 2.68. The zero-order chi connectivity index (χ0) is 12.7. The molecule has 0 bridgehead atoms. The third-order valence-corrected chi connectivity index (χ3v) is 4.50. The molecule has 1 aromatic carbocycles. The zero-order valence-electron chi connectivity index (χ0n) is 11.6. The van der Waals surface area contributed by atoms with Crippen LogP contribution in [0.3, 0.4) is 0 Å². The summed E-state index contributed by atoms with van der Waals surface area (Å²) in [5.41, 5.74) is 8.39. The predicted molar refractivity (Wildman–Crippen MR) is 74.7 cm³/mol. The fourth-order valence-electron chi connectivity index (χ4n) is 2.50. The van der Waals surface area contributed by atoms with Crippen molar-refractivity contribution < 1.29 is 0 Å². The van der Waals surface area contributed by atoms with Crippen LogP contribution in [0.15, 0.2) is 41.6 Å². The van der Waals surface area contributed by atoms with Crippen LogP contribution in [-0.4, -0.2) is 0 Å². The monoisotopic (exact) mass is 226 g/mol. The van der Waals surface area contributed by atoms with E-state index in [0.717, 1.165) is 6.42 Å². The molecule has 2 rings (SSSR count). The zero-order valence-corrected chi connectivity index (χ0v) is 11.6. The van der Waals surface area contributed by atoms with Crippen LogP contribution in [0, 0.1) is 10.8 Å². The van der Waals surface area contributed by atoms with Gasteiger partial charge in [0, 0.05) is 16.4 Å². The molecule has 0 N–H and O–H groups in total.